The second-order valence-corrected chi connectivity index (χ2v) is 6.47. The van der Waals surface area contributed by atoms with Crippen LogP contribution in [0.5, 0.6) is 5.75 Å². The van der Waals surface area contributed by atoms with Crippen LogP contribution in [0, 0.1) is 0 Å². The molecule has 1 aliphatic rings. The zero-order valence-electron chi connectivity index (χ0n) is 15.5. The molecule has 2 rings (SSSR count). The number of hydrogen-bond acceptors (Lipinski definition) is 3. The summed E-state index contributed by atoms with van der Waals surface area (Å²) in [7, 11) is -6.00. The molecule has 1 aromatic rings. The molecule has 1 heterocycles. The van der Waals surface area contributed by atoms with Crippen molar-refractivity contribution in [3.8, 4) is 5.75 Å². The number of halogens is 4. The topological polar surface area (TPSA) is 41.7 Å². The summed E-state index contributed by atoms with van der Waals surface area (Å²) >= 11 is 0. The Kier molecular flexibility index (Phi) is 7.12. The second-order valence-electron chi connectivity index (χ2n) is 6.47. The van der Waals surface area contributed by atoms with Crippen molar-refractivity contribution in [3.63, 3.8) is 0 Å². The van der Waals surface area contributed by atoms with Crippen LogP contribution in [0.1, 0.15) is 34.6 Å². The minimum atomic E-state index is -6.00. The van der Waals surface area contributed by atoms with Gasteiger partial charge in [0.25, 0.3) is 5.95 Å². The Morgan fingerprint density at radius 3 is 1.88 bits per heavy atom. The molecule has 1 saturated heterocycles. The number of ether oxygens (including phenoxy) is 3. The van der Waals surface area contributed by atoms with Crippen LogP contribution < -0.4 is 9.73 Å². The molecule has 0 atom stereocenters. The molecule has 146 valence electrons. The highest BCUT2D eigenvalue weighted by atomic mass is 19.5. The van der Waals surface area contributed by atoms with Gasteiger partial charge in [-0.2, -0.15) is 0 Å². The van der Waals surface area contributed by atoms with Gasteiger partial charge >= 0.3 is 7.25 Å². The highest BCUT2D eigenvalue weighted by molar-refractivity contribution is 6.50. The van der Waals surface area contributed by atoms with E-state index < -0.39 is 7.25 Å². The molecule has 26 heavy (non-hydrogen) atoms. The highest BCUT2D eigenvalue weighted by Crippen LogP contribution is 2.39. The lowest BCUT2D eigenvalue weighted by molar-refractivity contribution is -0.346. The maximum atomic E-state index is 9.75. The molecule has 0 bridgehead atoms. The monoisotopic (exact) mass is 377 g/mol. The quantitative estimate of drug-likeness (QED) is 0.495. The summed E-state index contributed by atoms with van der Waals surface area (Å²) in [6, 6.07) is 7.79. The first kappa shape index (κ1) is 21.9. The number of rotatable bonds is 4. The Labute approximate surface area is 151 Å². The molecule has 1 fully saturated rings. The van der Waals surface area contributed by atoms with Crippen molar-refractivity contribution in [3.05, 3.63) is 36.3 Å². The number of nitrogens with one attached hydrogen (secondary N) is 1. The lowest BCUT2D eigenvalue weighted by Crippen LogP contribution is -2.60. The fraction of sp³-hybridized carbons (Fsp3) is 0.471. The van der Waals surface area contributed by atoms with Crippen LogP contribution in [0.3, 0.4) is 0 Å². The number of hydrogen-bond donors (Lipinski definition) is 1. The van der Waals surface area contributed by atoms with Crippen molar-refractivity contribution in [2.45, 2.75) is 45.8 Å². The third-order valence-corrected chi connectivity index (χ3v) is 3.80. The predicted octanol–water partition coefficient (Wildman–Crippen LogP) is 3.61. The Morgan fingerprint density at radius 2 is 1.46 bits per heavy atom. The van der Waals surface area contributed by atoms with Gasteiger partial charge in [-0.25, -0.2) is 4.99 Å². The zero-order valence-corrected chi connectivity index (χ0v) is 15.5. The third kappa shape index (κ3) is 7.37. The van der Waals surface area contributed by atoms with E-state index in [1.807, 2.05) is 65.1 Å². The van der Waals surface area contributed by atoms with Crippen LogP contribution in [0.25, 0.3) is 0 Å². The van der Waals surface area contributed by atoms with Gasteiger partial charge in [0, 0.05) is 12.1 Å². The predicted molar refractivity (Wildman–Crippen MR) is 92.9 cm³/mol. The van der Waals surface area contributed by atoms with Crippen LogP contribution in [-0.4, -0.2) is 31.3 Å². The van der Waals surface area contributed by atoms with Crippen LogP contribution in [0.15, 0.2) is 36.3 Å². The Bertz CT molecular complexity index is 616. The SMILES string of the molecule is CCOc1ccc([NH+]=CC=C2OC(C)(C)C(C)(C)O2)cc1.F[B-](F)(F)F. The first-order chi connectivity index (χ1) is 11.8. The number of benzene rings is 1. The van der Waals surface area contributed by atoms with E-state index in [-0.39, 0.29) is 11.2 Å². The number of allylic oxidation sites excluding steroid dienone is 1. The summed E-state index contributed by atoms with van der Waals surface area (Å²) < 4.78 is 56.0. The van der Waals surface area contributed by atoms with Gasteiger partial charge in [-0.15, -0.1) is 0 Å². The van der Waals surface area contributed by atoms with Gasteiger partial charge in [-0.1, -0.05) is 0 Å². The van der Waals surface area contributed by atoms with Gasteiger partial charge in [-0.05, 0) is 46.8 Å². The normalized spacial score (nSPS) is 17.8. The first-order valence-electron chi connectivity index (χ1n) is 8.12. The third-order valence-electron chi connectivity index (χ3n) is 3.80. The fourth-order valence-electron chi connectivity index (χ4n) is 1.86. The maximum absolute atomic E-state index is 9.75. The highest BCUT2D eigenvalue weighted by Gasteiger charge is 2.48. The van der Waals surface area contributed by atoms with E-state index >= 15 is 0 Å². The summed E-state index contributed by atoms with van der Waals surface area (Å²) in [6.07, 6.45) is 3.61. The van der Waals surface area contributed by atoms with E-state index in [9.17, 15) is 17.3 Å². The Morgan fingerprint density at radius 1 is 1.00 bits per heavy atom. The molecule has 0 amide bonds. The summed E-state index contributed by atoms with van der Waals surface area (Å²) in [5.41, 5.74) is 0.296. The standard InChI is InChI=1S/C17H23NO3.BF4/c1-6-19-14-9-7-13(8-10-14)18-12-11-15-20-16(2,3)17(4,5)21-15;2-1(3,4)5/h7-12H,6H2,1-5H3;/q;-1/p+1. The average molecular weight is 377 g/mol. The van der Waals surface area contributed by atoms with Gasteiger partial charge in [0.15, 0.2) is 6.21 Å². The zero-order chi connectivity index (χ0) is 20.0. The molecular formula is C17H24BF4NO3. The van der Waals surface area contributed by atoms with Crippen molar-refractivity contribution >= 4 is 19.2 Å². The molecular weight excluding hydrogens is 353 g/mol. The lowest BCUT2D eigenvalue weighted by Gasteiger charge is -2.28. The van der Waals surface area contributed by atoms with Gasteiger partial charge in [0.05, 0.1) is 12.7 Å². The van der Waals surface area contributed by atoms with Crippen LogP contribution in [0.4, 0.5) is 23.0 Å². The molecule has 0 spiro atoms. The van der Waals surface area contributed by atoms with E-state index in [1.165, 1.54) is 0 Å². The largest absolute Gasteiger partial charge is 0.673 e. The van der Waals surface area contributed by atoms with Gasteiger partial charge in [0.1, 0.15) is 17.0 Å². The molecule has 9 heteroatoms. The summed E-state index contributed by atoms with van der Waals surface area (Å²) in [5.74, 6) is 1.40. The molecule has 0 aliphatic carbocycles. The molecule has 0 radical (unpaired) electrons. The average Bonchev–Trinajstić information content (AvgIpc) is 2.67. The van der Waals surface area contributed by atoms with E-state index in [4.69, 9.17) is 14.2 Å². The first-order valence-corrected chi connectivity index (χ1v) is 8.12. The Hall–Kier alpha value is -2.19. The van der Waals surface area contributed by atoms with Crippen molar-refractivity contribution in [2.75, 3.05) is 6.61 Å². The van der Waals surface area contributed by atoms with Crippen molar-refractivity contribution in [2.24, 2.45) is 0 Å². The van der Waals surface area contributed by atoms with E-state index in [1.54, 1.807) is 6.08 Å². The van der Waals surface area contributed by atoms with E-state index in [0.29, 0.717) is 12.6 Å². The summed E-state index contributed by atoms with van der Waals surface area (Å²) in [4.78, 5) is 3.18. The summed E-state index contributed by atoms with van der Waals surface area (Å²) in [6.45, 7) is 10.7. The molecule has 0 saturated carbocycles. The van der Waals surface area contributed by atoms with Gasteiger partial charge in [0.2, 0.25) is 5.69 Å². The second kappa shape index (κ2) is 8.46. The maximum Gasteiger partial charge on any atom is 0.673 e. The van der Waals surface area contributed by atoms with Crippen LogP contribution in [-0.2, 0) is 9.47 Å². The smallest absolute Gasteiger partial charge is 0.494 e. The lowest BCUT2D eigenvalue weighted by atomic mass is 9.90. The molecule has 0 aromatic heterocycles. The Balaban J connectivity index is 0.000000597. The minimum Gasteiger partial charge on any atom is -0.494 e. The van der Waals surface area contributed by atoms with Gasteiger partial charge in [-0.3, -0.25) is 0 Å². The van der Waals surface area contributed by atoms with Crippen molar-refractivity contribution in [1.29, 1.82) is 0 Å². The van der Waals surface area contributed by atoms with Gasteiger partial charge < -0.3 is 31.5 Å². The molecule has 4 nitrogen and oxygen atoms in total. The van der Waals surface area contributed by atoms with Crippen molar-refractivity contribution < 1.29 is 36.5 Å². The van der Waals surface area contributed by atoms with Crippen LogP contribution >= 0.6 is 0 Å². The molecule has 1 aliphatic heterocycles. The molecule has 1 N–H and O–H groups in total. The fourth-order valence-corrected chi connectivity index (χ4v) is 1.86. The molecule has 0 unspecified atom stereocenters. The van der Waals surface area contributed by atoms with E-state index in [0.717, 1.165) is 11.4 Å². The van der Waals surface area contributed by atoms with E-state index in [2.05, 4.69) is 4.99 Å². The minimum absolute atomic E-state index is 0.341. The molecule has 1 aromatic carbocycles. The van der Waals surface area contributed by atoms with Crippen molar-refractivity contribution in [1.82, 2.24) is 0 Å². The summed E-state index contributed by atoms with van der Waals surface area (Å²) in [5, 5.41) is 0. The van der Waals surface area contributed by atoms with Crippen LogP contribution in [0.2, 0.25) is 0 Å².